The fourth-order valence-corrected chi connectivity index (χ4v) is 2.80. The van der Waals surface area contributed by atoms with E-state index >= 15 is 0 Å². The van der Waals surface area contributed by atoms with E-state index in [1.165, 1.54) is 32.1 Å². The first-order chi connectivity index (χ1) is 9.29. The van der Waals surface area contributed by atoms with Crippen LogP contribution in [0.2, 0.25) is 0 Å². The van der Waals surface area contributed by atoms with Crippen LogP contribution in [-0.4, -0.2) is 27.5 Å². The van der Waals surface area contributed by atoms with E-state index in [1.807, 2.05) is 0 Å². The molecule has 1 aliphatic carbocycles. The van der Waals surface area contributed by atoms with Gasteiger partial charge in [-0.15, -0.1) is 0 Å². The van der Waals surface area contributed by atoms with Gasteiger partial charge >= 0.3 is 0 Å². The molecule has 1 atom stereocenters. The molecule has 1 unspecified atom stereocenters. The number of aliphatic hydroxyl groups excluding tert-OH is 1. The van der Waals surface area contributed by atoms with Crippen molar-refractivity contribution in [2.45, 2.75) is 70.5 Å². The minimum absolute atomic E-state index is 0.280. The summed E-state index contributed by atoms with van der Waals surface area (Å²) in [5.41, 5.74) is 1.13. The van der Waals surface area contributed by atoms with Gasteiger partial charge in [0.05, 0.1) is 11.7 Å². The van der Waals surface area contributed by atoms with E-state index in [1.54, 1.807) is 0 Å². The van der Waals surface area contributed by atoms with Gasteiger partial charge in [-0.25, -0.2) is 0 Å². The summed E-state index contributed by atoms with van der Waals surface area (Å²) in [5, 5.41) is 17.0. The van der Waals surface area contributed by atoms with Crippen LogP contribution in [0, 0.1) is 0 Å². The standard InChI is InChI=1S/C15H27N3O/c1-13(6-5-11-19)16-12-14-9-10-18(17-14)15-7-3-2-4-8-15/h9-10,13,15-16,19H,2-8,11-12H2,1H3. The molecule has 0 aromatic carbocycles. The molecular weight excluding hydrogens is 238 g/mol. The number of rotatable bonds is 7. The molecule has 1 aromatic rings. The first kappa shape index (κ1) is 14.5. The van der Waals surface area contributed by atoms with Crippen LogP contribution >= 0.6 is 0 Å². The lowest BCUT2D eigenvalue weighted by Crippen LogP contribution is -2.26. The second-order valence-electron chi connectivity index (χ2n) is 5.73. The average molecular weight is 265 g/mol. The van der Waals surface area contributed by atoms with Crippen molar-refractivity contribution in [1.82, 2.24) is 15.1 Å². The molecule has 1 fully saturated rings. The summed E-state index contributed by atoms with van der Waals surface area (Å²) in [7, 11) is 0. The molecule has 2 rings (SSSR count). The van der Waals surface area contributed by atoms with Gasteiger partial charge in [-0.05, 0) is 38.7 Å². The highest BCUT2D eigenvalue weighted by molar-refractivity contribution is 5.00. The normalized spacial score (nSPS) is 18.6. The van der Waals surface area contributed by atoms with Crippen molar-refractivity contribution in [1.29, 1.82) is 0 Å². The zero-order chi connectivity index (χ0) is 13.5. The van der Waals surface area contributed by atoms with Crippen LogP contribution in [0.25, 0.3) is 0 Å². The molecule has 1 aromatic heterocycles. The van der Waals surface area contributed by atoms with E-state index in [9.17, 15) is 0 Å². The highest BCUT2D eigenvalue weighted by Crippen LogP contribution is 2.27. The molecule has 1 saturated carbocycles. The van der Waals surface area contributed by atoms with Gasteiger partial charge < -0.3 is 10.4 Å². The van der Waals surface area contributed by atoms with E-state index in [0.29, 0.717) is 12.1 Å². The molecule has 4 heteroatoms. The fourth-order valence-electron chi connectivity index (χ4n) is 2.80. The Morgan fingerprint density at radius 2 is 2.21 bits per heavy atom. The summed E-state index contributed by atoms with van der Waals surface area (Å²) in [6.07, 6.45) is 10.6. The molecule has 0 aliphatic heterocycles. The van der Waals surface area contributed by atoms with Gasteiger partial charge in [-0.1, -0.05) is 19.3 Å². The SMILES string of the molecule is CC(CCCO)NCc1ccn(C2CCCCC2)n1. The molecule has 4 nitrogen and oxygen atoms in total. The van der Waals surface area contributed by atoms with Crippen LogP contribution in [0.4, 0.5) is 0 Å². The predicted octanol–water partition coefficient (Wildman–Crippen LogP) is 2.64. The molecule has 1 heterocycles. The van der Waals surface area contributed by atoms with Crippen molar-refractivity contribution < 1.29 is 5.11 Å². The third-order valence-electron chi connectivity index (χ3n) is 4.04. The zero-order valence-corrected chi connectivity index (χ0v) is 12.0. The van der Waals surface area contributed by atoms with E-state index < -0.39 is 0 Å². The van der Waals surface area contributed by atoms with Gasteiger partial charge in [0.2, 0.25) is 0 Å². The van der Waals surface area contributed by atoms with E-state index in [4.69, 9.17) is 10.2 Å². The largest absolute Gasteiger partial charge is 0.396 e. The lowest BCUT2D eigenvalue weighted by molar-refractivity contribution is 0.276. The third kappa shape index (κ3) is 4.62. The van der Waals surface area contributed by atoms with Crippen LogP contribution < -0.4 is 5.32 Å². The van der Waals surface area contributed by atoms with Crippen molar-refractivity contribution in [3.63, 3.8) is 0 Å². The first-order valence-corrected chi connectivity index (χ1v) is 7.68. The van der Waals surface area contributed by atoms with Gasteiger partial charge in [0, 0.05) is 25.4 Å². The van der Waals surface area contributed by atoms with Gasteiger partial charge in [0.1, 0.15) is 0 Å². The Morgan fingerprint density at radius 3 is 2.95 bits per heavy atom. The van der Waals surface area contributed by atoms with Crippen molar-refractivity contribution in [2.75, 3.05) is 6.61 Å². The Balaban J connectivity index is 1.77. The molecular formula is C15H27N3O. The molecule has 1 aliphatic rings. The number of aliphatic hydroxyl groups is 1. The average Bonchev–Trinajstić information content (AvgIpc) is 2.93. The minimum atomic E-state index is 0.280. The summed E-state index contributed by atoms with van der Waals surface area (Å²) in [6.45, 7) is 3.27. The van der Waals surface area contributed by atoms with E-state index in [0.717, 1.165) is 25.1 Å². The molecule has 108 valence electrons. The molecule has 0 bridgehead atoms. The smallest absolute Gasteiger partial charge is 0.0762 e. The molecule has 19 heavy (non-hydrogen) atoms. The van der Waals surface area contributed by atoms with E-state index in [-0.39, 0.29) is 6.61 Å². The van der Waals surface area contributed by atoms with Crippen LogP contribution in [0.15, 0.2) is 12.3 Å². The zero-order valence-electron chi connectivity index (χ0n) is 12.0. The Morgan fingerprint density at radius 1 is 1.42 bits per heavy atom. The third-order valence-corrected chi connectivity index (χ3v) is 4.04. The summed E-state index contributed by atoms with van der Waals surface area (Å²) in [6, 6.07) is 3.18. The molecule has 0 amide bonds. The highest BCUT2D eigenvalue weighted by Gasteiger charge is 2.15. The van der Waals surface area contributed by atoms with Gasteiger partial charge in [0.25, 0.3) is 0 Å². The maximum Gasteiger partial charge on any atom is 0.0762 e. The van der Waals surface area contributed by atoms with Crippen molar-refractivity contribution >= 4 is 0 Å². The molecule has 0 saturated heterocycles. The summed E-state index contributed by atoms with van der Waals surface area (Å²) in [4.78, 5) is 0. The predicted molar refractivity (Wildman–Crippen MR) is 77.0 cm³/mol. The lowest BCUT2D eigenvalue weighted by Gasteiger charge is -2.21. The Hall–Kier alpha value is -0.870. The second kappa shape index (κ2) is 7.65. The molecule has 0 spiro atoms. The highest BCUT2D eigenvalue weighted by atomic mass is 16.2. The maximum absolute atomic E-state index is 8.80. The number of hydrogen-bond acceptors (Lipinski definition) is 3. The number of nitrogens with one attached hydrogen (secondary N) is 1. The van der Waals surface area contributed by atoms with Crippen LogP contribution in [0.5, 0.6) is 0 Å². The summed E-state index contributed by atoms with van der Waals surface area (Å²) in [5.74, 6) is 0. The van der Waals surface area contributed by atoms with Crippen LogP contribution in [-0.2, 0) is 6.54 Å². The van der Waals surface area contributed by atoms with Crippen molar-refractivity contribution in [3.8, 4) is 0 Å². The van der Waals surface area contributed by atoms with Gasteiger partial charge in [-0.2, -0.15) is 5.10 Å². The van der Waals surface area contributed by atoms with E-state index in [2.05, 4.69) is 29.2 Å². The molecule has 2 N–H and O–H groups in total. The fraction of sp³-hybridized carbons (Fsp3) is 0.800. The number of hydrogen-bond donors (Lipinski definition) is 2. The van der Waals surface area contributed by atoms with Crippen molar-refractivity contribution in [2.24, 2.45) is 0 Å². The van der Waals surface area contributed by atoms with Crippen LogP contribution in [0.3, 0.4) is 0 Å². The Labute approximate surface area is 116 Å². The van der Waals surface area contributed by atoms with Gasteiger partial charge in [-0.3, -0.25) is 4.68 Å². The van der Waals surface area contributed by atoms with Crippen molar-refractivity contribution in [3.05, 3.63) is 18.0 Å². The Bertz CT molecular complexity index is 358. The topological polar surface area (TPSA) is 50.1 Å². The lowest BCUT2D eigenvalue weighted by atomic mass is 9.96. The number of nitrogens with zero attached hydrogens (tertiary/aromatic N) is 2. The Kier molecular flexibility index (Phi) is 5.86. The quantitative estimate of drug-likeness (QED) is 0.797. The monoisotopic (exact) mass is 265 g/mol. The number of aromatic nitrogens is 2. The second-order valence-corrected chi connectivity index (χ2v) is 5.73. The first-order valence-electron chi connectivity index (χ1n) is 7.68. The minimum Gasteiger partial charge on any atom is -0.396 e. The van der Waals surface area contributed by atoms with Gasteiger partial charge in [0.15, 0.2) is 0 Å². The molecule has 0 radical (unpaired) electrons. The summed E-state index contributed by atoms with van der Waals surface area (Å²) < 4.78 is 2.16. The summed E-state index contributed by atoms with van der Waals surface area (Å²) >= 11 is 0. The van der Waals surface area contributed by atoms with Crippen LogP contribution in [0.1, 0.15) is 63.6 Å². The maximum atomic E-state index is 8.80.